The number of aryl methyl sites for hydroxylation is 3. The summed E-state index contributed by atoms with van der Waals surface area (Å²) in [7, 11) is 0. The summed E-state index contributed by atoms with van der Waals surface area (Å²) in [6.45, 7) is 54.8. The molecular weight excluding hydrogens is 1640 g/mol. The van der Waals surface area contributed by atoms with Crippen LogP contribution in [0.3, 0.4) is 0 Å². The Kier molecular flexibility index (Phi) is 24.7. The number of unbranched alkanes of at least 4 members (excludes halogenated alkanes) is 3. The molecule has 18 rings (SSSR count). The lowest BCUT2D eigenvalue weighted by Crippen LogP contribution is -2.65. The normalized spacial score (nSPS) is 42.7. The molecule has 3 amide bonds. The number of aliphatic hydroxyl groups excluding tert-OH is 4. The Bertz CT molecular complexity index is 4430. The lowest BCUT2D eigenvalue weighted by molar-refractivity contribution is -0.203. The van der Waals surface area contributed by atoms with Crippen LogP contribution >= 0.6 is 0 Å². The second-order valence-corrected chi connectivity index (χ2v) is 55.3. The van der Waals surface area contributed by atoms with Crippen molar-refractivity contribution in [2.75, 3.05) is 26.2 Å². The van der Waals surface area contributed by atoms with Crippen molar-refractivity contribution in [1.82, 2.24) is 60.9 Å². The molecule has 7 N–H and O–H groups in total. The maximum Gasteiger partial charge on any atom is 0.226 e. The van der Waals surface area contributed by atoms with E-state index in [1.165, 1.54) is 19.3 Å². The van der Waals surface area contributed by atoms with E-state index in [1.54, 1.807) is 16.7 Å². The van der Waals surface area contributed by atoms with E-state index in [2.05, 4.69) is 180 Å². The number of carbonyl (C=O) groups is 3. The van der Waals surface area contributed by atoms with Crippen LogP contribution in [0.1, 0.15) is 394 Å². The molecule has 19 heteroatoms. The molecule has 15 aliphatic rings. The third kappa shape index (κ3) is 15.2. The van der Waals surface area contributed by atoms with Gasteiger partial charge in [0.2, 0.25) is 17.7 Å². The summed E-state index contributed by atoms with van der Waals surface area (Å²) in [5.41, 5.74) is 6.45. The van der Waals surface area contributed by atoms with E-state index in [4.69, 9.17) is 30.9 Å². The number of rotatable bonds is 25. The van der Waals surface area contributed by atoms with Crippen molar-refractivity contribution in [3.8, 4) is 0 Å². The Balaban J connectivity index is 0.521. The first-order valence-corrected chi connectivity index (χ1v) is 54.2. The summed E-state index contributed by atoms with van der Waals surface area (Å²) in [6, 6.07) is 0. The van der Waals surface area contributed by atoms with Gasteiger partial charge in [-0.25, -0.2) is 0 Å². The molecule has 12 fully saturated rings. The number of aromatic nitrogens is 9. The molecule has 3 aromatic heterocycles. The monoisotopic (exact) mass is 1820 g/mol. The number of carbonyl (C=O) groups excluding carboxylic acids is 3. The van der Waals surface area contributed by atoms with Crippen molar-refractivity contribution in [3.63, 3.8) is 0 Å². The molecule has 12 saturated carbocycles. The van der Waals surface area contributed by atoms with Gasteiger partial charge in [-0.1, -0.05) is 196 Å². The SMILES string of the molecule is CC1(C)CC[C@]2(C(=O)NCCCCc3cn(CC(CO)(Cn4cc(CCCCNC(=O)[C@]56CCC(C)(C)C[C@H]5C5=CC[C@@H]7[C@@]8(C)CC[C@H](O)C(C)(C)[C@@H]8CC[C@@]7(C)[C@]5(C)CC6)nn4)Cn4cc(CCCCNC(=O)[C@]56CCC(C)(C)C[C@H]5C5=CC[C@@H]7[C@@]8(C)CC[C@H](O)C(C)(C)[C@@H]8CC[C@@]7(C)[C@]5(C)CC6)nn4)nn3)CC[C@]3(C)C(=CC[C@@H]4[C@@]5(C)CC[C@H](O)C(C)(C)[C@@H]5CC[C@]43C)[C@@H]2C1. The average Bonchev–Trinajstić information content (AvgIpc) is 0.780. The van der Waals surface area contributed by atoms with E-state index in [-0.39, 0.29) is 142 Å². The fourth-order valence-corrected chi connectivity index (χ4v) is 37.3. The summed E-state index contributed by atoms with van der Waals surface area (Å²) in [5, 5.41) is 85.4. The van der Waals surface area contributed by atoms with Crippen LogP contribution in [0.15, 0.2) is 53.5 Å². The zero-order chi connectivity index (χ0) is 94.5. The Labute approximate surface area is 795 Å². The highest BCUT2D eigenvalue weighted by atomic mass is 16.3. The average molecular weight is 1820 g/mol. The van der Waals surface area contributed by atoms with Crippen molar-refractivity contribution in [3.05, 3.63) is 70.6 Å². The number of nitrogens with one attached hydrogen (secondary N) is 3. The third-order valence-electron chi connectivity index (χ3n) is 46.2. The van der Waals surface area contributed by atoms with Gasteiger partial charge in [0.15, 0.2) is 0 Å². The van der Waals surface area contributed by atoms with Gasteiger partial charge >= 0.3 is 0 Å². The number of aliphatic hydroxyl groups is 4. The molecule has 0 aromatic carbocycles. The van der Waals surface area contributed by atoms with Crippen LogP contribution in [-0.2, 0) is 53.3 Å². The van der Waals surface area contributed by atoms with E-state index in [0.717, 1.165) is 229 Å². The van der Waals surface area contributed by atoms with Gasteiger partial charge in [0.1, 0.15) is 0 Å². The quantitative estimate of drug-likeness (QED) is 0.0308. The zero-order valence-corrected chi connectivity index (χ0v) is 86.5. The van der Waals surface area contributed by atoms with E-state index in [1.807, 2.05) is 32.6 Å². The van der Waals surface area contributed by atoms with Crippen LogP contribution in [-0.4, -0.2) is 128 Å². The fraction of sp³-hybridized carbons (Fsp3) is 0.867. The van der Waals surface area contributed by atoms with Gasteiger partial charge in [0.05, 0.1) is 83.3 Å². The number of allylic oxidation sites excluding steroid dienone is 6. The largest absolute Gasteiger partial charge is 0.396 e. The highest BCUT2D eigenvalue weighted by Crippen LogP contribution is 2.81. The molecule has 15 aliphatic carbocycles. The zero-order valence-electron chi connectivity index (χ0n) is 86.5. The number of fused-ring (bicyclic) bond motifs is 21. The molecule has 0 bridgehead atoms. The second kappa shape index (κ2) is 33.6. The Morgan fingerprint density at radius 3 is 0.879 bits per heavy atom. The predicted octanol–water partition coefficient (Wildman–Crippen LogP) is 21.6. The lowest BCUT2D eigenvalue weighted by Gasteiger charge is -2.71. The molecule has 19 nitrogen and oxygen atoms in total. The molecular formula is C113H180N12O7. The van der Waals surface area contributed by atoms with Gasteiger partial charge < -0.3 is 36.4 Å². The van der Waals surface area contributed by atoms with Gasteiger partial charge in [-0.15, -0.1) is 15.3 Å². The maximum absolute atomic E-state index is 15.2. The number of amides is 3. The van der Waals surface area contributed by atoms with Crippen molar-refractivity contribution in [2.45, 2.75) is 434 Å². The lowest BCUT2D eigenvalue weighted by atomic mass is 9.33. The summed E-state index contributed by atoms with van der Waals surface area (Å²) >= 11 is 0. The van der Waals surface area contributed by atoms with Crippen LogP contribution in [0.25, 0.3) is 0 Å². The highest BCUT2D eigenvalue weighted by Gasteiger charge is 2.74. The molecule has 734 valence electrons. The van der Waals surface area contributed by atoms with Gasteiger partial charge in [-0.2, -0.15) is 0 Å². The van der Waals surface area contributed by atoms with Crippen molar-refractivity contribution in [1.29, 1.82) is 0 Å². The predicted molar refractivity (Wildman–Crippen MR) is 523 cm³/mol. The molecule has 3 heterocycles. The van der Waals surface area contributed by atoms with Crippen LogP contribution in [0.5, 0.6) is 0 Å². The standard InChI is InChI=1S/C113H180N12O7/c1-95(2)49-55-111(58-52-104(16)77(80(111)64-95)31-34-86-101(13)43-40-89(127)98(7,8)83(101)37-46-107(86,104)19)92(130)114-61-25-22-28-74-67-123(120-117-74)70-110(73-126,71-124-68-75(118-121-124)29-23-26-62-115-93(131)112-56-50-96(3,4)65-81(112)78-32-35-87-102(14)44-41-90(128)99(9,10)84(102)38-47-108(87,20)105(78,17)53-59-112)72-125-69-76(119-122-125)30-24-27-63-116-94(132)113-57-51-97(5,6)66-82(113)79-33-36-88-103(15)45-42-91(129)100(11,12)85(103)39-48-109(88,21)106(79,18)54-60-113/h31-33,67-69,80-91,126-129H,22-30,34-66,70-73H2,1-21H3,(H,114,130)(H,115,131)(H,116,132)/t80-,81-,82-,83-,84-,85-,86+,87+,88+,89-,90-,91-,101-,102-,103-,104+,105+,106+,107+,108+,109+,111-,112-,113-/m0/s1. The Morgan fingerprint density at radius 2 is 0.614 bits per heavy atom. The molecule has 0 spiro atoms. The minimum atomic E-state index is -0.863. The van der Waals surface area contributed by atoms with Crippen LogP contribution in [0.2, 0.25) is 0 Å². The van der Waals surface area contributed by atoms with Crippen LogP contribution in [0, 0.1) is 156 Å². The van der Waals surface area contributed by atoms with Crippen LogP contribution in [0.4, 0.5) is 0 Å². The van der Waals surface area contributed by atoms with Gasteiger partial charge in [-0.3, -0.25) is 28.4 Å². The summed E-state index contributed by atoms with van der Waals surface area (Å²) in [5.74, 6) is 4.60. The Hall–Kier alpha value is -5.11. The van der Waals surface area contributed by atoms with E-state index >= 15 is 14.4 Å². The number of hydrogen-bond acceptors (Lipinski definition) is 13. The molecule has 0 radical (unpaired) electrons. The summed E-state index contributed by atoms with van der Waals surface area (Å²) < 4.78 is 5.62. The van der Waals surface area contributed by atoms with E-state index < -0.39 is 21.7 Å². The molecule has 0 unspecified atom stereocenters. The third-order valence-corrected chi connectivity index (χ3v) is 46.2. The first-order valence-electron chi connectivity index (χ1n) is 54.2. The smallest absolute Gasteiger partial charge is 0.226 e. The minimum Gasteiger partial charge on any atom is -0.396 e. The van der Waals surface area contributed by atoms with Gasteiger partial charge in [-0.05, 0) is 385 Å². The van der Waals surface area contributed by atoms with Crippen LogP contribution < -0.4 is 16.0 Å². The van der Waals surface area contributed by atoms with E-state index in [9.17, 15) is 20.4 Å². The fourth-order valence-electron chi connectivity index (χ4n) is 37.3. The van der Waals surface area contributed by atoms with Gasteiger partial charge in [0, 0.05) is 38.2 Å². The van der Waals surface area contributed by atoms with Crippen molar-refractivity contribution >= 4 is 17.7 Å². The van der Waals surface area contributed by atoms with Crippen molar-refractivity contribution in [2.24, 2.45) is 156 Å². The topological polar surface area (TPSA) is 260 Å². The molecule has 3 aromatic rings. The summed E-state index contributed by atoms with van der Waals surface area (Å²) in [4.78, 5) is 45.7. The highest BCUT2D eigenvalue weighted by molar-refractivity contribution is 5.85. The first kappa shape index (κ1) is 97.1. The van der Waals surface area contributed by atoms with Gasteiger partial charge in [0.25, 0.3) is 0 Å². The summed E-state index contributed by atoms with van der Waals surface area (Å²) in [6.07, 6.45) is 51.6. The second-order valence-electron chi connectivity index (χ2n) is 55.3. The Morgan fingerprint density at radius 1 is 0.348 bits per heavy atom. The minimum absolute atomic E-state index is 0.0242. The first-order chi connectivity index (χ1) is 61.9. The molecule has 132 heavy (non-hydrogen) atoms. The number of hydrogen-bond donors (Lipinski definition) is 7. The molecule has 0 aliphatic heterocycles. The van der Waals surface area contributed by atoms with Crippen molar-refractivity contribution < 1.29 is 34.8 Å². The number of nitrogens with zero attached hydrogens (tertiary/aromatic N) is 9. The molecule has 24 atom stereocenters. The van der Waals surface area contributed by atoms with E-state index in [0.29, 0.717) is 94.0 Å². The maximum atomic E-state index is 15.2. The molecule has 0 saturated heterocycles.